The van der Waals surface area contributed by atoms with Gasteiger partial charge in [0, 0.05) is 13.1 Å². The monoisotopic (exact) mass is 182 g/mol. The summed E-state index contributed by atoms with van der Waals surface area (Å²) in [5, 5.41) is 2.86. The van der Waals surface area contributed by atoms with Gasteiger partial charge < -0.3 is 11.1 Å². The lowest BCUT2D eigenvalue weighted by Crippen LogP contribution is -2.50. The number of amides is 1. The summed E-state index contributed by atoms with van der Waals surface area (Å²) in [7, 11) is 0. The van der Waals surface area contributed by atoms with Gasteiger partial charge in [0.1, 0.15) is 0 Å². The molecule has 0 unspecified atom stereocenters. The number of nitrogens with two attached hydrogens (primary N) is 1. The predicted molar refractivity (Wildman–Crippen MR) is 53.2 cm³/mol. The van der Waals surface area contributed by atoms with Crippen LogP contribution in [0.1, 0.15) is 26.2 Å². The molecular formula is C10H18N2O. The number of rotatable bonds is 4. The van der Waals surface area contributed by atoms with E-state index in [4.69, 9.17) is 5.73 Å². The molecule has 3 nitrogen and oxygen atoms in total. The summed E-state index contributed by atoms with van der Waals surface area (Å²) in [6.07, 6.45) is 2.99. The van der Waals surface area contributed by atoms with Gasteiger partial charge in [0.25, 0.3) is 0 Å². The highest BCUT2D eigenvalue weighted by Crippen LogP contribution is 2.39. The second-order valence-corrected chi connectivity index (χ2v) is 3.98. The van der Waals surface area contributed by atoms with Gasteiger partial charge in [-0.15, -0.1) is 0 Å². The molecule has 13 heavy (non-hydrogen) atoms. The fourth-order valence-corrected chi connectivity index (χ4v) is 1.55. The van der Waals surface area contributed by atoms with Crippen LogP contribution in [0.15, 0.2) is 12.2 Å². The largest absolute Gasteiger partial charge is 0.352 e. The molecule has 1 amide bonds. The highest BCUT2D eigenvalue weighted by atomic mass is 16.2. The quantitative estimate of drug-likeness (QED) is 0.632. The van der Waals surface area contributed by atoms with Crippen molar-refractivity contribution in [1.82, 2.24) is 5.32 Å². The molecule has 0 spiro atoms. The van der Waals surface area contributed by atoms with Crippen LogP contribution in [0.3, 0.4) is 0 Å². The van der Waals surface area contributed by atoms with Gasteiger partial charge >= 0.3 is 0 Å². The maximum atomic E-state index is 11.7. The molecule has 1 saturated carbocycles. The summed E-state index contributed by atoms with van der Waals surface area (Å²) >= 11 is 0. The topological polar surface area (TPSA) is 55.1 Å². The van der Waals surface area contributed by atoms with E-state index in [9.17, 15) is 4.79 Å². The van der Waals surface area contributed by atoms with Crippen LogP contribution in [0.2, 0.25) is 0 Å². The van der Waals surface area contributed by atoms with Crippen molar-refractivity contribution in [3.05, 3.63) is 12.2 Å². The normalized spacial score (nSPS) is 18.9. The number of carbonyl (C=O) groups is 1. The summed E-state index contributed by atoms with van der Waals surface area (Å²) in [4.78, 5) is 11.7. The van der Waals surface area contributed by atoms with E-state index in [1.165, 1.54) is 0 Å². The maximum Gasteiger partial charge on any atom is 0.227 e. The molecule has 1 fully saturated rings. The molecule has 74 valence electrons. The van der Waals surface area contributed by atoms with Crippen LogP contribution in [0.4, 0.5) is 0 Å². The summed E-state index contributed by atoms with van der Waals surface area (Å²) in [5.41, 5.74) is 6.31. The molecule has 0 bridgehead atoms. The third-order valence-electron chi connectivity index (χ3n) is 2.73. The van der Waals surface area contributed by atoms with Crippen molar-refractivity contribution in [2.24, 2.45) is 11.1 Å². The minimum atomic E-state index is -0.255. The first kappa shape index (κ1) is 10.3. The Hall–Kier alpha value is -0.830. The van der Waals surface area contributed by atoms with Crippen molar-refractivity contribution in [2.45, 2.75) is 26.2 Å². The lowest BCUT2D eigenvalue weighted by molar-refractivity contribution is -0.134. The van der Waals surface area contributed by atoms with Crippen LogP contribution in [-0.4, -0.2) is 19.0 Å². The van der Waals surface area contributed by atoms with Crippen LogP contribution in [-0.2, 0) is 4.79 Å². The molecule has 0 aromatic rings. The minimum absolute atomic E-state index is 0.101. The van der Waals surface area contributed by atoms with Gasteiger partial charge in [-0.3, -0.25) is 4.79 Å². The molecule has 0 atom stereocenters. The van der Waals surface area contributed by atoms with Gasteiger partial charge in [-0.1, -0.05) is 18.6 Å². The van der Waals surface area contributed by atoms with Crippen LogP contribution < -0.4 is 11.1 Å². The molecule has 1 aliphatic rings. The Balaban J connectivity index is 2.41. The molecule has 0 aromatic carbocycles. The summed E-state index contributed by atoms with van der Waals surface area (Å²) in [5.74, 6) is 0.101. The standard InChI is InChI=1S/C10H18N2O/c1-8(2)6-12-9(13)10(7-11)4-3-5-10/h1,3-7,11H2,2H3,(H,12,13). The maximum absolute atomic E-state index is 11.7. The van der Waals surface area contributed by atoms with Gasteiger partial charge in [-0.05, 0) is 19.8 Å². The van der Waals surface area contributed by atoms with E-state index >= 15 is 0 Å². The lowest BCUT2D eigenvalue weighted by atomic mass is 9.68. The molecule has 0 radical (unpaired) electrons. The zero-order valence-corrected chi connectivity index (χ0v) is 8.23. The molecule has 1 rings (SSSR count). The Morgan fingerprint density at radius 2 is 2.23 bits per heavy atom. The van der Waals surface area contributed by atoms with E-state index in [-0.39, 0.29) is 11.3 Å². The SMILES string of the molecule is C=C(C)CNC(=O)C1(CN)CCC1. The summed E-state index contributed by atoms with van der Waals surface area (Å²) in [6.45, 7) is 6.67. The fraction of sp³-hybridized carbons (Fsp3) is 0.700. The van der Waals surface area contributed by atoms with Crippen molar-refractivity contribution in [1.29, 1.82) is 0 Å². The Kier molecular flexibility index (Phi) is 3.09. The second-order valence-electron chi connectivity index (χ2n) is 3.98. The third kappa shape index (κ3) is 2.10. The molecule has 3 N–H and O–H groups in total. The molecule has 0 aromatic heterocycles. The molecule has 0 saturated heterocycles. The van der Waals surface area contributed by atoms with Crippen LogP contribution >= 0.6 is 0 Å². The highest BCUT2D eigenvalue weighted by Gasteiger charge is 2.42. The molecule has 3 heteroatoms. The van der Waals surface area contributed by atoms with Gasteiger partial charge in [0.05, 0.1) is 5.41 Å². The first-order chi connectivity index (χ1) is 6.10. The first-order valence-electron chi connectivity index (χ1n) is 4.73. The van der Waals surface area contributed by atoms with Gasteiger partial charge in [0.15, 0.2) is 0 Å². The van der Waals surface area contributed by atoms with E-state index in [1.807, 2.05) is 6.92 Å². The Morgan fingerprint density at radius 1 is 1.62 bits per heavy atom. The number of hydrogen-bond acceptors (Lipinski definition) is 2. The Bertz CT molecular complexity index is 213. The molecule has 0 aliphatic heterocycles. The fourth-order valence-electron chi connectivity index (χ4n) is 1.55. The number of nitrogens with one attached hydrogen (secondary N) is 1. The van der Waals surface area contributed by atoms with Crippen LogP contribution in [0, 0.1) is 5.41 Å². The van der Waals surface area contributed by atoms with Crippen molar-refractivity contribution < 1.29 is 4.79 Å². The summed E-state index contributed by atoms with van der Waals surface area (Å²) in [6, 6.07) is 0. The van der Waals surface area contributed by atoms with Crippen molar-refractivity contribution >= 4 is 5.91 Å². The first-order valence-corrected chi connectivity index (χ1v) is 4.73. The molecular weight excluding hydrogens is 164 g/mol. The van der Waals surface area contributed by atoms with Gasteiger partial charge in [-0.25, -0.2) is 0 Å². The van der Waals surface area contributed by atoms with Crippen molar-refractivity contribution in [3.63, 3.8) is 0 Å². The van der Waals surface area contributed by atoms with Gasteiger partial charge in [0.2, 0.25) is 5.91 Å². The number of hydrogen-bond donors (Lipinski definition) is 2. The number of carbonyl (C=O) groups excluding carboxylic acids is 1. The van der Waals surface area contributed by atoms with E-state index in [0.717, 1.165) is 24.8 Å². The van der Waals surface area contributed by atoms with Crippen molar-refractivity contribution in [3.8, 4) is 0 Å². The third-order valence-corrected chi connectivity index (χ3v) is 2.73. The minimum Gasteiger partial charge on any atom is -0.352 e. The zero-order chi connectivity index (χ0) is 9.90. The van der Waals surface area contributed by atoms with Crippen LogP contribution in [0.5, 0.6) is 0 Å². The smallest absolute Gasteiger partial charge is 0.227 e. The highest BCUT2D eigenvalue weighted by molar-refractivity contribution is 5.83. The Morgan fingerprint density at radius 3 is 2.54 bits per heavy atom. The van der Waals surface area contributed by atoms with Crippen LogP contribution in [0.25, 0.3) is 0 Å². The van der Waals surface area contributed by atoms with E-state index in [2.05, 4.69) is 11.9 Å². The predicted octanol–water partition coefficient (Wildman–Crippen LogP) is 0.808. The van der Waals surface area contributed by atoms with E-state index in [1.54, 1.807) is 0 Å². The molecule has 1 aliphatic carbocycles. The molecule has 0 heterocycles. The second kappa shape index (κ2) is 3.92. The zero-order valence-electron chi connectivity index (χ0n) is 8.23. The average molecular weight is 182 g/mol. The summed E-state index contributed by atoms with van der Waals surface area (Å²) < 4.78 is 0. The van der Waals surface area contributed by atoms with E-state index < -0.39 is 0 Å². The lowest BCUT2D eigenvalue weighted by Gasteiger charge is -2.39. The van der Waals surface area contributed by atoms with Gasteiger partial charge in [-0.2, -0.15) is 0 Å². The average Bonchev–Trinajstić information content (AvgIpc) is 2.00. The van der Waals surface area contributed by atoms with E-state index in [0.29, 0.717) is 13.1 Å². The Labute approximate surface area is 79.4 Å². The van der Waals surface area contributed by atoms with Crippen molar-refractivity contribution in [2.75, 3.05) is 13.1 Å².